The molecule has 0 aliphatic carbocycles. The maximum absolute atomic E-state index is 12.0. The van der Waals surface area contributed by atoms with Gasteiger partial charge in [0.1, 0.15) is 0 Å². The third-order valence-corrected chi connectivity index (χ3v) is 4.06. The van der Waals surface area contributed by atoms with Gasteiger partial charge in [0.25, 0.3) is 0 Å². The summed E-state index contributed by atoms with van der Waals surface area (Å²) in [6, 6.07) is 9.63. The highest BCUT2D eigenvalue weighted by atomic mass is 16.1. The third kappa shape index (κ3) is 5.60. The summed E-state index contributed by atoms with van der Waals surface area (Å²) in [5.74, 6) is 1.02. The van der Waals surface area contributed by atoms with Crippen LogP contribution in [0.4, 0.5) is 0 Å². The SMILES string of the molecule is CC(C)CN1CCN(CCCC(=O)c2ccccc2)CC1. The zero-order valence-corrected chi connectivity index (χ0v) is 13.4. The predicted octanol–water partition coefficient (Wildman–Crippen LogP) is 2.92. The molecule has 0 radical (unpaired) electrons. The van der Waals surface area contributed by atoms with Crippen molar-refractivity contribution in [3.8, 4) is 0 Å². The Labute approximate surface area is 128 Å². The number of rotatable bonds is 7. The van der Waals surface area contributed by atoms with Gasteiger partial charge in [-0.1, -0.05) is 44.2 Å². The van der Waals surface area contributed by atoms with Gasteiger partial charge in [-0.25, -0.2) is 0 Å². The van der Waals surface area contributed by atoms with Gasteiger partial charge in [0.15, 0.2) is 5.78 Å². The molecule has 0 saturated carbocycles. The minimum Gasteiger partial charge on any atom is -0.301 e. The average Bonchev–Trinajstić information content (AvgIpc) is 2.49. The summed E-state index contributed by atoms with van der Waals surface area (Å²) in [5.41, 5.74) is 0.847. The molecule has 0 bridgehead atoms. The number of Topliss-reactive ketones (excluding diaryl/α,β-unsaturated/α-hetero) is 1. The molecule has 3 nitrogen and oxygen atoms in total. The summed E-state index contributed by atoms with van der Waals surface area (Å²) in [6.45, 7) is 11.5. The topological polar surface area (TPSA) is 23.6 Å². The lowest BCUT2D eigenvalue weighted by Gasteiger charge is -2.35. The van der Waals surface area contributed by atoms with Crippen molar-refractivity contribution in [2.45, 2.75) is 26.7 Å². The van der Waals surface area contributed by atoms with Gasteiger partial charge in [0.05, 0.1) is 0 Å². The average molecular weight is 288 g/mol. The van der Waals surface area contributed by atoms with Gasteiger partial charge in [-0.15, -0.1) is 0 Å². The first kappa shape index (κ1) is 16.2. The standard InChI is InChI=1S/C18H28N2O/c1-16(2)15-20-13-11-19(12-14-20)10-6-9-18(21)17-7-4-3-5-8-17/h3-5,7-8,16H,6,9-15H2,1-2H3. The van der Waals surface area contributed by atoms with Gasteiger partial charge in [-0.3, -0.25) is 4.79 Å². The molecule has 1 aromatic rings. The van der Waals surface area contributed by atoms with Gasteiger partial charge in [0, 0.05) is 44.7 Å². The molecule has 1 saturated heterocycles. The molecule has 1 aliphatic rings. The Hall–Kier alpha value is -1.19. The van der Waals surface area contributed by atoms with E-state index in [1.54, 1.807) is 0 Å². The van der Waals surface area contributed by atoms with Crippen LogP contribution in [0.5, 0.6) is 0 Å². The smallest absolute Gasteiger partial charge is 0.162 e. The molecule has 0 N–H and O–H groups in total. The van der Waals surface area contributed by atoms with Crippen molar-refractivity contribution in [1.29, 1.82) is 0 Å². The van der Waals surface area contributed by atoms with Gasteiger partial charge in [-0.2, -0.15) is 0 Å². The summed E-state index contributed by atoms with van der Waals surface area (Å²) < 4.78 is 0. The number of ketones is 1. The first-order valence-electron chi connectivity index (χ1n) is 8.18. The minimum atomic E-state index is 0.272. The van der Waals surface area contributed by atoms with E-state index in [9.17, 15) is 4.79 Å². The molecule has 116 valence electrons. The van der Waals surface area contributed by atoms with Crippen LogP contribution in [0, 0.1) is 5.92 Å². The number of carbonyl (C=O) groups is 1. The molecule has 0 aromatic heterocycles. The van der Waals surface area contributed by atoms with Crippen LogP contribution < -0.4 is 0 Å². The summed E-state index contributed by atoms with van der Waals surface area (Å²) in [6.07, 6.45) is 1.63. The van der Waals surface area contributed by atoms with E-state index in [-0.39, 0.29) is 5.78 Å². The van der Waals surface area contributed by atoms with Gasteiger partial charge in [0.2, 0.25) is 0 Å². The molecule has 0 amide bonds. The predicted molar refractivity (Wildman–Crippen MR) is 87.7 cm³/mol. The first-order valence-corrected chi connectivity index (χ1v) is 8.18. The molecule has 2 rings (SSSR count). The molecule has 0 atom stereocenters. The van der Waals surface area contributed by atoms with Crippen molar-refractivity contribution in [1.82, 2.24) is 9.80 Å². The molecule has 3 heteroatoms. The van der Waals surface area contributed by atoms with Crippen molar-refractivity contribution in [2.24, 2.45) is 5.92 Å². The van der Waals surface area contributed by atoms with Crippen molar-refractivity contribution in [2.75, 3.05) is 39.3 Å². The van der Waals surface area contributed by atoms with E-state index in [1.165, 1.54) is 19.6 Å². The maximum atomic E-state index is 12.0. The highest BCUT2D eigenvalue weighted by Gasteiger charge is 2.17. The molecule has 1 heterocycles. The quantitative estimate of drug-likeness (QED) is 0.721. The van der Waals surface area contributed by atoms with Crippen molar-refractivity contribution >= 4 is 5.78 Å². The van der Waals surface area contributed by atoms with E-state index < -0.39 is 0 Å². The van der Waals surface area contributed by atoms with E-state index in [0.717, 1.165) is 37.5 Å². The van der Waals surface area contributed by atoms with Crippen molar-refractivity contribution in [3.63, 3.8) is 0 Å². The van der Waals surface area contributed by atoms with E-state index in [1.807, 2.05) is 30.3 Å². The Kier molecular flexibility index (Phi) is 6.40. The van der Waals surface area contributed by atoms with E-state index in [0.29, 0.717) is 6.42 Å². The Morgan fingerprint density at radius 3 is 2.29 bits per heavy atom. The molecule has 1 aromatic carbocycles. The van der Waals surface area contributed by atoms with Crippen LogP contribution in [0.2, 0.25) is 0 Å². The Balaban J connectivity index is 1.63. The molecular weight excluding hydrogens is 260 g/mol. The van der Waals surface area contributed by atoms with Crippen LogP contribution in [-0.2, 0) is 0 Å². The number of hydrogen-bond acceptors (Lipinski definition) is 3. The number of piperazine rings is 1. The summed E-state index contributed by atoms with van der Waals surface area (Å²) in [7, 11) is 0. The largest absolute Gasteiger partial charge is 0.301 e. The van der Waals surface area contributed by atoms with Crippen LogP contribution in [-0.4, -0.2) is 54.9 Å². The van der Waals surface area contributed by atoms with Crippen molar-refractivity contribution < 1.29 is 4.79 Å². The molecule has 1 aliphatic heterocycles. The summed E-state index contributed by atoms with van der Waals surface area (Å²) in [4.78, 5) is 17.1. The minimum absolute atomic E-state index is 0.272. The number of nitrogens with zero attached hydrogens (tertiary/aromatic N) is 2. The molecule has 1 fully saturated rings. The normalized spacial score (nSPS) is 17.3. The molecular formula is C18H28N2O. The van der Waals surface area contributed by atoms with Crippen LogP contribution in [0.15, 0.2) is 30.3 Å². The fourth-order valence-electron chi connectivity index (χ4n) is 2.94. The van der Waals surface area contributed by atoms with Crippen LogP contribution in [0.1, 0.15) is 37.0 Å². The lowest BCUT2D eigenvalue weighted by Crippen LogP contribution is -2.47. The highest BCUT2D eigenvalue weighted by molar-refractivity contribution is 5.95. The lowest BCUT2D eigenvalue weighted by molar-refractivity contribution is 0.0957. The second kappa shape index (κ2) is 8.30. The fourth-order valence-corrected chi connectivity index (χ4v) is 2.94. The van der Waals surface area contributed by atoms with E-state index in [4.69, 9.17) is 0 Å². The summed E-state index contributed by atoms with van der Waals surface area (Å²) in [5, 5.41) is 0. The van der Waals surface area contributed by atoms with Gasteiger partial charge < -0.3 is 9.80 Å². The molecule has 0 unspecified atom stereocenters. The lowest BCUT2D eigenvalue weighted by atomic mass is 10.1. The van der Waals surface area contributed by atoms with Gasteiger partial charge >= 0.3 is 0 Å². The molecule has 0 spiro atoms. The number of hydrogen-bond donors (Lipinski definition) is 0. The highest BCUT2D eigenvalue weighted by Crippen LogP contribution is 2.09. The summed E-state index contributed by atoms with van der Waals surface area (Å²) >= 11 is 0. The maximum Gasteiger partial charge on any atom is 0.162 e. The Morgan fingerprint density at radius 1 is 1.05 bits per heavy atom. The van der Waals surface area contributed by atoms with E-state index in [2.05, 4.69) is 23.6 Å². The first-order chi connectivity index (χ1) is 10.1. The number of benzene rings is 1. The zero-order chi connectivity index (χ0) is 15.1. The molecule has 21 heavy (non-hydrogen) atoms. The fraction of sp³-hybridized carbons (Fsp3) is 0.611. The Morgan fingerprint density at radius 2 is 1.67 bits per heavy atom. The van der Waals surface area contributed by atoms with Gasteiger partial charge in [-0.05, 0) is 18.9 Å². The third-order valence-electron chi connectivity index (χ3n) is 4.06. The second-order valence-corrected chi connectivity index (χ2v) is 6.43. The number of carbonyl (C=O) groups excluding carboxylic acids is 1. The second-order valence-electron chi connectivity index (χ2n) is 6.43. The van der Waals surface area contributed by atoms with E-state index >= 15 is 0 Å². The Bertz CT molecular complexity index is 422. The monoisotopic (exact) mass is 288 g/mol. The zero-order valence-electron chi connectivity index (χ0n) is 13.4. The van der Waals surface area contributed by atoms with Crippen molar-refractivity contribution in [3.05, 3.63) is 35.9 Å². The van der Waals surface area contributed by atoms with Crippen LogP contribution in [0.25, 0.3) is 0 Å². The van der Waals surface area contributed by atoms with Crippen LogP contribution >= 0.6 is 0 Å². The van der Waals surface area contributed by atoms with Crippen LogP contribution in [0.3, 0.4) is 0 Å².